The van der Waals surface area contributed by atoms with Gasteiger partial charge in [0.1, 0.15) is 11.9 Å². The lowest BCUT2D eigenvalue weighted by Gasteiger charge is -2.41. The Morgan fingerprint density at radius 3 is 2.53 bits per heavy atom. The number of aromatic nitrogens is 2. The van der Waals surface area contributed by atoms with E-state index in [0.29, 0.717) is 11.0 Å². The average molecular weight is 416 g/mol. The van der Waals surface area contributed by atoms with E-state index in [0.717, 1.165) is 25.1 Å². The fraction of sp³-hybridized carbons (Fsp3) is 0.591. The normalized spacial score (nSPS) is 25.6. The number of rotatable bonds is 2. The van der Waals surface area contributed by atoms with Gasteiger partial charge in [-0.15, -0.1) is 0 Å². The number of hydrogen-bond donors (Lipinski definition) is 2. The van der Waals surface area contributed by atoms with E-state index in [1.54, 1.807) is 13.1 Å². The van der Waals surface area contributed by atoms with Crippen LogP contribution in [0.15, 0.2) is 16.9 Å². The Kier molecular flexibility index (Phi) is 5.08. The van der Waals surface area contributed by atoms with Gasteiger partial charge in [-0.3, -0.25) is 24.0 Å². The largest absolute Gasteiger partial charge is 0.329 e. The summed E-state index contributed by atoms with van der Waals surface area (Å²) in [6.07, 6.45) is 1.23. The number of carbonyl (C=O) groups is 2. The lowest BCUT2D eigenvalue weighted by Crippen LogP contribution is -2.44. The fourth-order valence-corrected chi connectivity index (χ4v) is 5.17. The first kappa shape index (κ1) is 20.8. The van der Waals surface area contributed by atoms with Gasteiger partial charge < -0.3 is 5.32 Å². The lowest BCUT2D eigenvalue weighted by molar-refractivity contribution is -0.135. The molecule has 2 aliphatic heterocycles. The molecule has 2 N–H and O–H groups in total. The van der Waals surface area contributed by atoms with Crippen LogP contribution in [-0.2, 0) is 16.6 Å². The van der Waals surface area contributed by atoms with Crippen LogP contribution in [0.2, 0.25) is 0 Å². The number of nitrogens with zero attached hydrogens (tertiary/aromatic N) is 2. The average Bonchev–Trinajstić information content (AvgIpc) is 2.91. The Morgan fingerprint density at radius 2 is 1.87 bits per heavy atom. The van der Waals surface area contributed by atoms with Crippen molar-refractivity contribution in [3.63, 3.8) is 0 Å². The molecule has 7 nitrogen and oxygen atoms in total. The smallest absolute Gasteiger partial charge is 0.316 e. The molecule has 3 heterocycles. The highest BCUT2D eigenvalue weighted by Crippen LogP contribution is 2.43. The van der Waals surface area contributed by atoms with E-state index in [1.165, 1.54) is 15.2 Å². The molecule has 8 heteroatoms. The molecular weight excluding hydrogens is 387 g/mol. The number of piperidine rings is 2. The number of halogens is 1. The highest BCUT2D eigenvalue weighted by atomic mass is 19.1. The minimum atomic E-state index is -0.819. The lowest BCUT2D eigenvalue weighted by atomic mass is 9.68. The molecule has 2 fully saturated rings. The molecule has 2 aliphatic rings. The van der Waals surface area contributed by atoms with Crippen LogP contribution in [0.4, 0.5) is 4.39 Å². The highest BCUT2D eigenvalue weighted by Gasteiger charge is 2.38. The number of aryl methyl sites for hydroxylation is 1. The van der Waals surface area contributed by atoms with Crippen molar-refractivity contribution in [1.29, 1.82) is 0 Å². The quantitative estimate of drug-likeness (QED) is 0.735. The summed E-state index contributed by atoms with van der Waals surface area (Å²) in [5.74, 6) is -0.923. The van der Waals surface area contributed by atoms with E-state index in [1.807, 2.05) is 0 Å². The zero-order valence-corrected chi connectivity index (χ0v) is 17.9. The second-order valence-corrected chi connectivity index (χ2v) is 9.61. The predicted octanol–water partition coefficient (Wildman–Crippen LogP) is 2.20. The fourth-order valence-electron chi connectivity index (χ4n) is 5.17. The Balaban J connectivity index is 1.92. The maximum Gasteiger partial charge on any atom is 0.329 e. The van der Waals surface area contributed by atoms with E-state index < -0.39 is 17.8 Å². The minimum Gasteiger partial charge on any atom is -0.316 e. The summed E-state index contributed by atoms with van der Waals surface area (Å²) in [4.78, 5) is 37.2. The van der Waals surface area contributed by atoms with Crippen LogP contribution in [0.1, 0.15) is 57.6 Å². The third-order valence-electron chi connectivity index (χ3n) is 6.69. The van der Waals surface area contributed by atoms with Gasteiger partial charge in [0.05, 0.1) is 11.0 Å². The van der Waals surface area contributed by atoms with Crippen molar-refractivity contribution in [3.05, 3.63) is 34.0 Å². The van der Waals surface area contributed by atoms with Crippen LogP contribution in [0.25, 0.3) is 11.0 Å². The second-order valence-electron chi connectivity index (χ2n) is 9.61. The van der Waals surface area contributed by atoms with E-state index in [4.69, 9.17) is 0 Å². The number of imide groups is 1. The van der Waals surface area contributed by atoms with Crippen LogP contribution in [0.3, 0.4) is 0 Å². The number of hydrogen-bond acceptors (Lipinski definition) is 4. The van der Waals surface area contributed by atoms with Gasteiger partial charge in [-0.1, -0.05) is 20.8 Å². The van der Waals surface area contributed by atoms with Crippen molar-refractivity contribution in [3.8, 4) is 0 Å². The van der Waals surface area contributed by atoms with Crippen LogP contribution >= 0.6 is 0 Å². The van der Waals surface area contributed by atoms with Crippen LogP contribution in [0.5, 0.6) is 0 Å². The molecule has 2 saturated heterocycles. The van der Waals surface area contributed by atoms with Gasteiger partial charge in [0.25, 0.3) is 0 Å². The zero-order valence-electron chi connectivity index (χ0n) is 17.9. The van der Waals surface area contributed by atoms with Gasteiger partial charge in [0.2, 0.25) is 11.8 Å². The summed E-state index contributed by atoms with van der Waals surface area (Å²) < 4.78 is 17.7. The molecule has 30 heavy (non-hydrogen) atoms. The molecule has 0 saturated carbocycles. The first-order valence-corrected chi connectivity index (χ1v) is 10.5. The Morgan fingerprint density at radius 1 is 1.13 bits per heavy atom. The SMILES string of the molecule is Cn1c(=O)n(C2CCC(=O)NC2=O)c2cc(F)cc(C3CCNCC3C(C)(C)C)c21. The van der Waals surface area contributed by atoms with Crippen LogP contribution in [-0.4, -0.2) is 34.0 Å². The Hall–Kier alpha value is -2.48. The number of imidazole rings is 1. The van der Waals surface area contributed by atoms with Crippen molar-refractivity contribution in [1.82, 2.24) is 19.8 Å². The topological polar surface area (TPSA) is 85.1 Å². The molecule has 1 aromatic carbocycles. The summed E-state index contributed by atoms with van der Waals surface area (Å²) in [5.41, 5.74) is 1.54. The molecule has 162 valence electrons. The molecule has 3 unspecified atom stereocenters. The molecule has 1 aromatic heterocycles. The van der Waals surface area contributed by atoms with Gasteiger partial charge >= 0.3 is 5.69 Å². The number of benzene rings is 1. The third kappa shape index (κ3) is 3.37. The summed E-state index contributed by atoms with van der Waals surface area (Å²) >= 11 is 0. The molecule has 2 amide bonds. The Labute approximate surface area is 174 Å². The van der Waals surface area contributed by atoms with Gasteiger partial charge in [0, 0.05) is 13.5 Å². The van der Waals surface area contributed by atoms with Crippen molar-refractivity contribution in [2.45, 2.75) is 52.0 Å². The van der Waals surface area contributed by atoms with Crippen molar-refractivity contribution >= 4 is 22.8 Å². The van der Waals surface area contributed by atoms with E-state index in [2.05, 4.69) is 31.4 Å². The zero-order chi connectivity index (χ0) is 21.8. The Bertz CT molecular complexity index is 1080. The first-order chi connectivity index (χ1) is 14.1. The molecule has 3 atom stereocenters. The molecule has 0 spiro atoms. The van der Waals surface area contributed by atoms with E-state index >= 15 is 0 Å². The highest BCUT2D eigenvalue weighted by molar-refractivity contribution is 6.00. The minimum absolute atomic E-state index is 0.00176. The predicted molar refractivity (Wildman–Crippen MR) is 112 cm³/mol. The first-order valence-electron chi connectivity index (χ1n) is 10.5. The van der Waals surface area contributed by atoms with Crippen molar-refractivity contribution < 1.29 is 14.0 Å². The van der Waals surface area contributed by atoms with E-state index in [-0.39, 0.29) is 41.7 Å². The number of carbonyl (C=O) groups excluding carboxylic acids is 2. The van der Waals surface area contributed by atoms with Crippen LogP contribution in [0, 0.1) is 17.2 Å². The monoisotopic (exact) mass is 416 g/mol. The molecule has 0 bridgehead atoms. The van der Waals surface area contributed by atoms with Crippen molar-refractivity contribution in [2.75, 3.05) is 13.1 Å². The van der Waals surface area contributed by atoms with Crippen molar-refractivity contribution in [2.24, 2.45) is 18.4 Å². The molecular formula is C22H29FN4O3. The van der Waals surface area contributed by atoms with Crippen LogP contribution < -0.4 is 16.3 Å². The summed E-state index contributed by atoms with van der Waals surface area (Å²) in [6.45, 7) is 8.20. The van der Waals surface area contributed by atoms with Gasteiger partial charge in [0.15, 0.2) is 0 Å². The van der Waals surface area contributed by atoms with E-state index in [9.17, 15) is 18.8 Å². The molecule has 2 aromatic rings. The molecule has 0 radical (unpaired) electrons. The van der Waals surface area contributed by atoms with Gasteiger partial charge in [-0.2, -0.15) is 0 Å². The summed E-state index contributed by atoms with van der Waals surface area (Å²) in [7, 11) is 1.67. The number of amides is 2. The second kappa shape index (κ2) is 7.34. The maximum absolute atomic E-state index is 14.8. The molecule has 0 aliphatic carbocycles. The van der Waals surface area contributed by atoms with Gasteiger partial charge in [-0.25, -0.2) is 9.18 Å². The molecule has 4 rings (SSSR count). The standard InChI is InChI=1S/C22H29FN4O3/c1-22(2,3)15-11-24-8-7-13(15)14-9-12(23)10-17-19(14)26(4)21(30)27(17)16-5-6-18(28)25-20(16)29/h9-10,13,15-16,24H,5-8,11H2,1-4H3,(H,25,28,29). The summed E-state index contributed by atoms with van der Waals surface area (Å²) in [6, 6.07) is 2.06. The number of fused-ring (bicyclic) bond motifs is 1. The third-order valence-corrected chi connectivity index (χ3v) is 6.69. The number of nitrogens with one attached hydrogen (secondary N) is 2. The summed E-state index contributed by atoms with van der Waals surface area (Å²) in [5, 5.41) is 5.74. The maximum atomic E-state index is 14.8. The van der Waals surface area contributed by atoms with Gasteiger partial charge in [-0.05, 0) is 60.9 Å².